The monoisotopic (exact) mass is 295 g/mol. The summed E-state index contributed by atoms with van der Waals surface area (Å²) in [5.41, 5.74) is 3.47. The summed E-state index contributed by atoms with van der Waals surface area (Å²) in [7, 11) is 0. The van der Waals surface area contributed by atoms with Crippen molar-refractivity contribution in [1.82, 2.24) is 0 Å². The maximum atomic E-state index is 13.1. The fraction of sp³-hybridized carbons (Fsp3) is 0.278. The van der Waals surface area contributed by atoms with Crippen molar-refractivity contribution in [2.24, 2.45) is 0 Å². The minimum atomic E-state index is -0.504. The van der Waals surface area contributed by atoms with Crippen molar-refractivity contribution in [2.45, 2.75) is 31.1 Å². The van der Waals surface area contributed by atoms with E-state index in [1.54, 1.807) is 12.1 Å². The van der Waals surface area contributed by atoms with Gasteiger partial charge >= 0.3 is 0 Å². The highest BCUT2D eigenvalue weighted by Gasteiger charge is 2.47. The second-order valence-corrected chi connectivity index (χ2v) is 6.18. The number of ketones is 1. The predicted octanol–water partition coefficient (Wildman–Crippen LogP) is 3.95. The van der Waals surface area contributed by atoms with E-state index in [4.69, 9.17) is 0 Å². The predicted molar refractivity (Wildman–Crippen MR) is 82.4 cm³/mol. The van der Waals surface area contributed by atoms with E-state index < -0.39 is 5.41 Å². The molecule has 0 bridgehead atoms. The van der Waals surface area contributed by atoms with Crippen molar-refractivity contribution in [3.63, 3.8) is 0 Å². The van der Waals surface area contributed by atoms with E-state index in [-0.39, 0.29) is 16.7 Å². The van der Waals surface area contributed by atoms with E-state index in [0.717, 1.165) is 47.9 Å². The second kappa shape index (κ2) is 4.66. The van der Waals surface area contributed by atoms with E-state index in [9.17, 15) is 15.2 Å². The summed E-state index contributed by atoms with van der Waals surface area (Å²) in [6.07, 6.45) is 3.71. The first kappa shape index (κ1) is 13.5. The van der Waals surface area contributed by atoms with Crippen LogP contribution in [-0.2, 0) is 5.41 Å². The lowest BCUT2D eigenvalue weighted by Crippen LogP contribution is -2.37. The molecule has 1 saturated carbocycles. The number of rotatable bonds is 1. The quantitative estimate of drug-likeness (QED) is 0.782. The van der Waals surface area contributed by atoms with Crippen molar-refractivity contribution in [3.05, 3.63) is 53.6 Å². The number of hydrogen-bond acceptors (Lipinski definition) is 4. The van der Waals surface area contributed by atoms with Gasteiger partial charge in [-0.2, -0.15) is 0 Å². The van der Waals surface area contributed by atoms with Crippen LogP contribution in [0.25, 0.3) is 11.1 Å². The topological polar surface area (TPSA) is 60.8 Å². The molecule has 2 aromatic rings. The maximum Gasteiger partial charge on any atom is 0.174 e. The summed E-state index contributed by atoms with van der Waals surface area (Å²) < 4.78 is 0. The van der Waals surface area contributed by atoms with E-state index in [1.807, 2.05) is 30.3 Å². The third kappa shape index (κ3) is 1.68. The summed E-state index contributed by atoms with van der Waals surface area (Å²) in [5, 5.41) is 18.8. The Hall–Kier alpha value is -2.17. The van der Waals surface area contributed by atoms with Crippen LogP contribution in [0.15, 0.2) is 42.5 Å². The lowest BCUT2D eigenvalue weighted by Gasteiger charge is -2.36. The molecule has 0 radical (unpaired) electrons. The molecule has 22 heavy (non-hydrogen) atoms. The van der Waals surface area contributed by atoms with Gasteiger partial charge in [0, 0.05) is 5.56 Å². The van der Waals surface area contributed by atoms with Gasteiger partial charge < -0.3 is 0 Å². The number of carbonyl (C=O) groups excluding carboxylic acids is 1. The molecule has 0 amide bonds. The van der Waals surface area contributed by atoms with Gasteiger partial charge in [-0.15, -0.1) is 5.23 Å². The standard InChI is InChI=1S/C18H17NO3/c20-17-15-6-2-1-5-13(15)14-8-7-12(19(21)22)11-16(14)18(17)9-3-4-10-18/h1-2,5-8,11,21-22H,3-4,9-10H2. The first-order valence-electron chi connectivity index (χ1n) is 7.60. The third-order valence-electron chi connectivity index (χ3n) is 5.10. The molecule has 2 aromatic carbocycles. The van der Waals surface area contributed by atoms with Crippen molar-refractivity contribution in [1.29, 1.82) is 0 Å². The number of benzene rings is 2. The normalized spacial score (nSPS) is 18.2. The molecule has 0 atom stereocenters. The molecule has 1 spiro atoms. The molecule has 4 rings (SSSR count). The Balaban J connectivity index is 2.03. The smallest absolute Gasteiger partial charge is 0.174 e. The summed E-state index contributed by atoms with van der Waals surface area (Å²) in [4.78, 5) is 13.1. The fourth-order valence-corrected chi connectivity index (χ4v) is 4.06. The largest absolute Gasteiger partial charge is 0.293 e. The average Bonchev–Trinajstić information content (AvgIpc) is 3.03. The van der Waals surface area contributed by atoms with Crippen LogP contribution < -0.4 is 5.23 Å². The molecular formula is C18H17NO3. The van der Waals surface area contributed by atoms with Gasteiger partial charge in [-0.25, -0.2) is 0 Å². The molecule has 2 aliphatic carbocycles. The zero-order valence-corrected chi connectivity index (χ0v) is 12.1. The number of anilines is 1. The van der Waals surface area contributed by atoms with Crippen molar-refractivity contribution >= 4 is 11.5 Å². The van der Waals surface area contributed by atoms with Gasteiger partial charge in [0.15, 0.2) is 5.78 Å². The fourth-order valence-electron chi connectivity index (χ4n) is 4.06. The minimum Gasteiger partial charge on any atom is -0.293 e. The highest BCUT2D eigenvalue weighted by molar-refractivity contribution is 6.13. The van der Waals surface area contributed by atoms with Crippen LogP contribution in [0.4, 0.5) is 5.69 Å². The first-order chi connectivity index (χ1) is 10.6. The van der Waals surface area contributed by atoms with Crippen LogP contribution in [0.2, 0.25) is 0 Å². The average molecular weight is 295 g/mol. The van der Waals surface area contributed by atoms with Crippen LogP contribution in [0.1, 0.15) is 41.6 Å². The van der Waals surface area contributed by atoms with Gasteiger partial charge in [-0.05, 0) is 41.7 Å². The van der Waals surface area contributed by atoms with Crippen molar-refractivity contribution < 1.29 is 15.2 Å². The van der Waals surface area contributed by atoms with Gasteiger partial charge in [-0.1, -0.05) is 43.2 Å². The summed E-state index contributed by atoms with van der Waals surface area (Å²) in [5.74, 6) is 0.174. The molecule has 0 saturated heterocycles. The lowest BCUT2D eigenvalue weighted by atomic mass is 9.66. The number of carbonyl (C=O) groups is 1. The summed E-state index contributed by atoms with van der Waals surface area (Å²) >= 11 is 0. The lowest BCUT2D eigenvalue weighted by molar-refractivity contribution is 0.0290. The third-order valence-corrected chi connectivity index (χ3v) is 5.10. The molecule has 0 heterocycles. The summed E-state index contributed by atoms with van der Waals surface area (Å²) in [6, 6.07) is 13.0. The SMILES string of the molecule is O=C1c2ccccc2-c2ccc(N(O)O)cc2C12CCCC2. The Morgan fingerprint density at radius 2 is 1.59 bits per heavy atom. The molecule has 0 unspecified atom stereocenters. The van der Waals surface area contributed by atoms with Crippen molar-refractivity contribution in [2.75, 3.05) is 5.23 Å². The Bertz CT molecular complexity index is 761. The highest BCUT2D eigenvalue weighted by atomic mass is 16.8. The number of nitrogens with zero attached hydrogens (tertiary/aromatic N) is 1. The number of Topliss-reactive ketones (excluding diaryl/α,β-unsaturated/α-hetero) is 1. The minimum absolute atomic E-state index is 0.119. The second-order valence-electron chi connectivity index (χ2n) is 6.18. The summed E-state index contributed by atoms with van der Waals surface area (Å²) in [6.45, 7) is 0. The molecule has 1 fully saturated rings. The maximum absolute atomic E-state index is 13.1. The van der Waals surface area contributed by atoms with E-state index in [1.165, 1.54) is 0 Å². The Morgan fingerprint density at radius 1 is 0.909 bits per heavy atom. The van der Waals surface area contributed by atoms with Crippen LogP contribution in [0, 0.1) is 0 Å². The number of fused-ring (bicyclic) bond motifs is 4. The van der Waals surface area contributed by atoms with Gasteiger partial charge in [-0.3, -0.25) is 15.2 Å². The molecule has 2 aliphatic rings. The van der Waals surface area contributed by atoms with Gasteiger partial charge in [0.05, 0.1) is 11.1 Å². The van der Waals surface area contributed by atoms with Crippen LogP contribution in [0.3, 0.4) is 0 Å². The van der Waals surface area contributed by atoms with Gasteiger partial charge in [0.2, 0.25) is 0 Å². The Morgan fingerprint density at radius 3 is 2.27 bits per heavy atom. The Kier molecular flexibility index (Phi) is 2.86. The zero-order valence-electron chi connectivity index (χ0n) is 12.1. The molecule has 4 heteroatoms. The van der Waals surface area contributed by atoms with Crippen molar-refractivity contribution in [3.8, 4) is 11.1 Å². The molecule has 112 valence electrons. The Labute approximate surface area is 128 Å². The van der Waals surface area contributed by atoms with Crippen LogP contribution in [0.5, 0.6) is 0 Å². The zero-order chi connectivity index (χ0) is 15.3. The van der Waals surface area contributed by atoms with Gasteiger partial charge in [0.1, 0.15) is 0 Å². The highest BCUT2D eigenvalue weighted by Crippen LogP contribution is 2.52. The van der Waals surface area contributed by atoms with Gasteiger partial charge in [0.25, 0.3) is 0 Å². The van der Waals surface area contributed by atoms with E-state index in [0.29, 0.717) is 0 Å². The number of hydrogen-bond donors (Lipinski definition) is 2. The van der Waals surface area contributed by atoms with E-state index in [2.05, 4.69) is 0 Å². The van der Waals surface area contributed by atoms with E-state index >= 15 is 0 Å². The molecule has 2 N–H and O–H groups in total. The van der Waals surface area contributed by atoms with Crippen LogP contribution >= 0.6 is 0 Å². The molecule has 0 aromatic heterocycles. The molecule has 0 aliphatic heterocycles. The first-order valence-corrected chi connectivity index (χ1v) is 7.60. The molecular weight excluding hydrogens is 278 g/mol. The van der Waals surface area contributed by atoms with Crippen LogP contribution in [-0.4, -0.2) is 16.2 Å². The molecule has 4 nitrogen and oxygen atoms in total.